The van der Waals surface area contributed by atoms with Crippen LogP contribution in [0.15, 0.2) is 60.8 Å². The van der Waals surface area contributed by atoms with E-state index in [-0.39, 0.29) is 24.4 Å². The van der Waals surface area contributed by atoms with Crippen molar-refractivity contribution in [1.82, 2.24) is 4.98 Å². The van der Waals surface area contributed by atoms with E-state index in [4.69, 9.17) is 14.6 Å². The number of carbonyl (C=O) groups excluding carboxylic acids is 2. The van der Waals surface area contributed by atoms with Crippen LogP contribution in [0, 0.1) is 17.0 Å². The maximum atomic E-state index is 14.5. The van der Waals surface area contributed by atoms with Crippen molar-refractivity contribution in [3.63, 3.8) is 0 Å². The zero-order valence-electron chi connectivity index (χ0n) is 17.4. The molecule has 1 aliphatic rings. The smallest absolute Gasteiger partial charge is 0.418 e. The predicted molar refractivity (Wildman–Crippen MR) is 115 cm³/mol. The molecule has 4 rings (SSSR count). The normalized spacial score (nSPS) is 13.5. The molecule has 0 spiro atoms. The van der Waals surface area contributed by atoms with Gasteiger partial charge in [0.1, 0.15) is 22.7 Å². The van der Waals surface area contributed by atoms with E-state index in [1.54, 1.807) is 30.3 Å². The first-order chi connectivity index (χ1) is 16.3. The molecule has 34 heavy (non-hydrogen) atoms. The van der Waals surface area contributed by atoms with E-state index < -0.39 is 46.5 Å². The lowest BCUT2D eigenvalue weighted by atomic mass is 10.1. The number of nitrogens with one attached hydrogen (secondary N) is 2. The van der Waals surface area contributed by atoms with Crippen LogP contribution in [0.5, 0.6) is 17.2 Å². The van der Waals surface area contributed by atoms with E-state index in [2.05, 4.69) is 15.6 Å². The van der Waals surface area contributed by atoms with E-state index in [0.29, 0.717) is 17.9 Å². The van der Waals surface area contributed by atoms with Gasteiger partial charge in [0.2, 0.25) is 5.91 Å². The monoisotopic (exact) mass is 469 g/mol. The van der Waals surface area contributed by atoms with E-state index in [1.807, 2.05) is 0 Å². The highest BCUT2D eigenvalue weighted by molar-refractivity contribution is 6.10. The zero-order valence-corrected chi connectivity index (χ0v) is 17.4. The number of amides is 2. The molecule has 0 radical (unpaired) electrons. The number of nitrogens with zero attached hydrogens (tertiary/aromatic N) is 1. The second kappa shape index (κ2) is 9.14. The molecular weight excluding hydrogens is 452 g/mol. The summed E-state index contributed by atoms with van der Waals surface area (Å²) >= 11 is 0. The van der Waals surface area contributed by atoms with Gasteiger partial charge in [-0.15, -0.1) is 0 Å². The number of benzene rings is 2. The Labute approximate surface area is 191 Å². The Hall–Kier alpha value is -4.54. The molecule has 2 aromatic carbocycles. The van der Waals surface area contributed by atoms with Crippen LogP contribution in [-0.2, 0) is 9.59 Å². The Morgan fingerprint density at radius 2 is 1.68 bits per heavy atom. The molecule has 0 atom stereocenters. The Balaban J connectivity index is 1.43. The number of hydrogen-bond donors (Lipinski definition) is 3. The minimum Gasteiger partial charge on any atom is -0.480 e. The third-order valence-corrected chi connectivity index (χ3v) is 5.01. The number of ether oxygens (including phenoxy) is 2. The topological polar surface area (TPSA) is 127 Å². The van der Waals surface area contributed by atoms with Crippen molar-refractivity contribution in [1.29, 1.82) is 0 Å². The number of carboxylic acids is 1. The minimum absolute atomic E-state index is 0.0305. The van der Waals surface area contributed by atoms with Gasteiger partial charge in [0.15, 0.2) is 17.4 Å². The quantitative estimate of drug-likeness (QED) is 0.433. The molecule has 2 amide bonds. The molecule has 1 fully saturated rings. The third kappa shape index (κ3) is 4.93. The zero-order chi connectivity index (χ0) is 24.3. The summed E-state index contributed by atoms with van der Waals surface area (Å²) in [7, 11) is 0. The van der Waals surface area contributed by atoms with Crippen molar-refractivity contribution in [2.24, 2.45) is 5.41 Å². The highest BCUT2D eigenvalue weighted by atomic mass is 19.1. The average molecular weight is 469 g/mol. The second-order valence-corrected chi connectivity index (χ2v) is 7.41. The molecule has 1 aromatic heterocycles. The van der Waals surface area contributed by atoms with Gasteiger partial charge in [0.05, 0.1) is 5.69 Å². The van der Waals surface area contributed by atoms with Crippen LogP contribution in [-0.4, -0.2) is 28.1 Å². The van der Waals surface area contributed by atoms with Crippen LogP contribution in [0.3, 0.4) is 0 Å². The van der Waals surface area contributed by atoms with Gasteiger partial charge >= 0.3 is 12.1 Å². The van der Waals surface area contributed by atoms with Crippen LogP contribution in [0.4, 0.5) is 25.1 Å². The maximum absolute atomic E-state index is 14.5. The molecule has 0 aliphatic heterocycles. The van der Waals surface area contributed by atoms with Crippen LogP contribution in [0.25, 0.3) is 0 Å². The fourth-order valence-corrected chi connectivity index (χ4v) is 3.00. The molecule has 3 N–H and O–H groups in total. The predicted octanol–water partition coefficient (Wildman–Crippen LogP) is 4.57. The molecular formula is C23H17F2N3O6. The number of carbonyl (C=O) groups is 3. The summed E-state index contributed by atoms with van der Waals surface area (Å²) in [6.07, 6.45) is 0.702. The largest absolute Gasteiger partial charge is 0.480 e. The molecule has 174 valence electrons. The lowest BCUT2D eigenvalue weighted by Gasteiger charge is -2.13. The van der Waals surface area contributed by atoms with Gasteiger partial charge in [-0.2, -0.15) is 0 Å². The number of aliphatic carboxylic acids is 1. The van der Waals surface area contributed by atoms with E-state index in [1.165, 1.54) is 18.3 Å². The highest BCUT2D eigenvalue weighted by Gasteiger charge is 2.57. The average Bonchev–Trinajstić information content (AvgIpc) is 3.60. The van der Waals surface area contributed by atoms with Gasteiger partial charge in [-0.3, -0.25) is 14.9 Å². The standard InChI is InChI=1S/C23H17F2N3O6/c24-15-12-18(16(25)11-17(15)27-20(29)23(7-8-23)21(30)31)33-14-6-9-26-19(10-14)28-22(32)34-13-4-2-1-3-5-13/h1-6,9-12H,7-8H2,(H,27,29)(H,30,31)(H,26,28,32). The van der Waals surface area contributed by atoms with E-state index in [0.717, 1.165) is 0 Å². The first kappa shape index (κ1) is 22.6. The fourth-order valence-electron chi connectivity index (χ4n) is 3.00. The number of carboxylic acid groups (broad SMARTS) is 1. The first-order valence-corrected chi connectivity index (χ1v) is 9.98. The molecule has 0 saturated heterocycles. The van der Waals surface area contributed by atoms with Crippen LogP contribution >= 0.6 is 0 Å². The number of hydrogen-bond acceptors (Lipinski definition) is 6. The summed E-state index contributed by atoms with van der Waals surface area (Å²) in [4.78, 5) is 39.3. The molecule has 0 bridgehead atoms. The Morgan fingerprint density at radius 3 is 2.35 bits per heavy atom. The summed E-state index contributed by atoms with van der Waals surface area (Å²) < 4.78 is 39.4. The Bertz CT molecular complexity index is 1260. The minimum atomic E-state index is -1.61. The maximum Gasteiger partial charge on any atom is 0.418 e. The van der Waals surface area contributed by atoms with Gasteiger partial charge in [0, 0.05) is 24.4 Å². The van der Waals surface area contributed by atoms with Crippen molar-refractivity contribution >= 4 is 29.5 Å². The second-order valence-electron chi connectivity index (χ2n) is 7.41. The van der Waals surface area contributed by atoms with Crippen LogP contribution < -0.4 is 20.1 Å². The number of halogens is 2. The number of para-hydroxylation sites is 1. The summed E-state index contributed by atoms with van der Waals surface area (Å²) in [6, 6.07) is 12.3. The molecule has 1 heterocycles. The van der Waals surface area contributed by atoms with Crippen molar-refractivity contribution in [2.75, 3.05) is 10.6 Å². The number of aromatic nitrogens is 1. The summed E-state index contributed by atoms with van der Waals surface area (Å²) in [6.45, 7) is 0. The fraction of sp³-hybridized carbons (Fsp3) is 0.130. The summed E-state index contributed by atoms with van der Waals surface area (Å²) in [5.41, 5.74) is -2.12. The van der Waals surface area contributed by atoms with Crippen molar-refractivity contribution in [3.05, 3.63) is 72.4 Å². The SMILES string of the molecule is O=C(Nc1cc(Oc2cc(F)c(NC(=O)C3(C(=O)O)CC3)cc2F)ccn1)Oc1ccccc1. The van der Waals surface area contributed by atoms with Gasteiger partial charge < -0.3 is 19.9 Å². The van der Waals surface area contributed by atoms with Crippen molar-refractivity contribution in [3.8, 4) is 17.2 Å². The molecule has 0 unspecified atom stereocenters. The third-order valence-electron chi connectivity index (χ3n) is 5.01. The number of rotatable bonds is 7. The lowest BCUT2D eigenvalue weighted by Crippen LogP contribution is -2.31. The molecule has 9 nitrogen and oxygen atoms in total. The Kier molecular flexibility index (Phi) is 6.09. The Morgan fingerprint density at radius 1 is 0.941 bits per heavy atom. The van der Waals surface area contributed by atoms with Gasteiger partial charge in [-0.25, -0.2) is 18.6 Å². The molecule has 1 saturated carbocycles. The van der Waals surface area contributed by atoms with Crippen molar-refractivity contribution in [2.45, 2.75) is 12.8 Å². The van der Waals surface area contributed by atoms with Crippen LogP contribution in [0.2, 0.25) is 0 Å². The van der Waals surface area contributed by atoms with Gasteiger partial charge in [-0.05, 0) is 31.0 Å². The molecule has 1 aliphatic carbocycles. The lowest BCUT2D eigenvalue weighted by molar-refractivity contribution is -0.147. The molecule has 3 aromatic rings. The van der Waals surface area contributed by atoms with Gasteiger partial charge in [0.25, 0.3) is 0 Å². The van der Waals surface area contributed by atoms with Crippen molar-refractivity contribution < 1.29 is 37.7 Å². The van der Waals surface area contributed by atoms with E-state index in [9.17, 15) is 23.2 Å². The van der Waals surface area contributed by atoms with E-state index >= 15 is 0 Å². The molecule has 11 heteroatoms. The highest BCUT2D eigenvalue weighted by Crippen LogP contribution is 2.47. The first-order valence-electron chi connectivity index (χ1n) is 9.98. The summed E-state index contributed by atoms with van der Waals surface area (Å²) in [5, 5.41) is 13.6. The summed E-state index contributed by atoms with van der Waals surface area (Å²) in [5.74, 6) is -4.39. The van der Waals surface area contributed by atoms with Gasteiger partial charge in [-0.1, -0.05) is 18.2 Å². The number of anilines is 2. The number of pyridine rings is 1. The van der Waals surface area contributed by atoms with Crippen LogP contribution in [0.1, 0.15) is 12.8 Å².